The minimum absolute atomic E-state index is 0.140. The molecule has 0 saturated carbocycles. The third-order valence-electron chi connectivity index (χ3n) is 3.17. The molecule has 2 N–H and O–H groups in total. The molecule has 0 bridgehead atoms. The van der Waals surface area contributed by atoms with Gasteiger partial charge in [0.2, 0.25) is 0 Å². The van der Waals surface area contributed by atoms with Crippen LogP contribution in [0, 0.1) is 0 Å². The normalized spacial score (nSPS) is 10.5. The molecule has 3 aromatic rings. The lowest BCUT2D eigenvalue weighted by atomic mass is 10.1. The first-order chi connectivity index (χ1) is 11.6. The molecule has 3 rings (SSSR count). The van der Waals surface area contributed by atoms with Crippen LogP contribution < -0.4 is 16.1 Å². The molecule has 122 valence electrons. The summed E-state index contributed by atoms with van der Waals surface area (Å²) in [6.45, 7) is 1.63. The summed E-state index contributed by atoms with van der Waals surface area (Å²) in [6, 6.07) is 12.4. The highest BCUT2D eigenvalue weighted by Gasteiger charge is 2.16. The van der Waals surface area contributed by atoms with Gasteiger partial charge in [0, 0.05) is 18.1 Å². The van der Waals surface area contributed by atoms with Gasteiger partial charge in [-0.3, -0.25) is 4.79 Å². The second-order valence-corrected chi connectivity index (χ2v) is 5.87. The van der Waals surface area contributed by atoms with E-state index in [2.05, 4.69) is 10.1 Å². The summed E-state index contributed by atoms with van der Waals surface area (Å²) in [6.07, 6.45) is 0.140. The number of thiazole rings is 1. The molecule has 8 heteroatoms. The molecule has 0 radical (unpaired) electrons. The first-order valence-corrected chi connectivity index (χ1v) is 8.03. The van der Waals surface area contributed by atoms with Gasteiger partial charge in [0.25, 0.3) is 0 Å². The maximum Gasteiger partial charge on any atom is 0.334 e. The van der Waals surface area contributed by atoms with Gasteiger partial charge >= 0.3 is 11.5 Å². The highest BCUT2D eigenvalue weighted by Crippen LogP contribution is 2.36. The van der Waals surface area contributed by atoms with Crippen LogP contribution in [-0.4, -0.2) is 20.9 Å². The van der Waals surface area contributed by atoms with Crippen LogP contribution in [0.5, 0.6) is 0 Å². The smallest absolute Gasteiger partial charge is 0.334 e. The molecule has 0 amide bonds. The van der Waals surface area contributed by atoms with E-state index in [0.717, 1.165) is 5.56 Å². The number of nitrogens with zero attached hydrogens (tertiary/aromatic N) is 3. The summed E-state index contributed by atoms with van der Waals surface area (Å²) in [4.78, 5) is 33.9. The molecule has 2 heterocycles. The highest BCUT2D eigenvalue weighted by molar-refractivity contribution is 7.19. The van der Waals surface area contributed by atoms with Crippen molar-refractivity contribution >= 4 is 22.4 Å². The quantitative estimate of drug-likeness (QED) is 0.778. The van der Waals surface area contributed by atoms with E-state index >= 15 is 0 Å². The van der Waals surface area contributed by atoms with Crippen molar-refractivity contribution in [3.8, 4) is 21.8 Å². The summed E-state index contributed by atoms with van der Waals surface area (Å²) in [5.41, 5.74) is 7.32. The Bertz CT molecular complexity index is 934. The Hall–Kier alpha value is -3.00. The molecule has 0 fully saturated rings. The van der Waals surface area contributed by atoms with Crippen LogP contribution >= 0.6 is 11.3 Å². The van der Waals surface area contributed by atoms with Crippen LogP contribution in [0.2, 0.25) is 0 Å². The molecule has 2 aromatic heterocycles. The minimum Gasteiger partial charge on any atom is -0.375 e. The molecule has 0 saturated heterocycles. The van der Waals surface area contributed by atoms with Gasteiger partial charge in [0.05, 0.1) is 10.6 Å². The standard InChI is InChI=1S/C16H14N4O3S/c1-2-13(22)23-20-12(21)9-8-11(19-20)15-14(18-16(17)24-15)10-6-4-3-5-7-10/h3-9H,2H2,1H3,(H2,17,18). The molecule has 0 spiro atoms. The van der Waals surface area contributed by atoms with Crippen LogP contribution in [0.1, 0.15) is 13.3 Å². The average molecular weight is 342 g/mol. The summed E-state index contributed by atoms with van der Waals surface area (Å²) < 4.78 is 0. The lowest BCUT2D eigenvalue weighted by Gasteiger charge is -2.06. The number of nitrogens with two attached hydrogens (primary N) is 1. The van der Waals surface area contributed by atoms with Gasteiger partial charge in [0.1, 0.15) is 5.69 Å². The zero-order chi connectivity index (χ0) is 17.1. The van der Waals surface area contributed by atoms with Gasteiger partial charge in [-0.1, -0.05) is 48.6 Å². The number of hydrogen-bond donors (Lipinski definition) is 1. The van der Waals surface area contributed by atoms with Gasteiger partial charge in [-0.25, -0.2) is 9.78 Å². The second-order valence-electron chi connectivity index (χ2n) is 4.84. The average Bonchev–Trinajstić information content (AvgIpc) is 2.99. The number of rotatable bonds is 4. The molecule has 0 atom stereocenters. The van der Waals surface area contributed by atoms with Crippen LogP contribution in [0.25, 0.3) is 21.8 Å². The molecule has 1 aromatic carbocycles. The van der Waals surface area contributed by atoms with Crippen LogP contribution in [0.15, 0.2) is 47.3 Å². The molecule has 24 heavy (non-hydrogen) atoms. The second kappa shape index (κ2) is 6.63. The largest absolute Gasteiger partial charge is 0.375 e. The number of benzene rings is 1. The van der Waals surface area contributed by atoms with Crippen molar-refractivity contribution in [3.05, 3.63) is 52.8 Å². The van der Waals surface area contributed by atoms with E-state index in [9.17, 15) is 9.59 Å². The Morgan fingerprint density at radius 1 is 1.25 bits per heavy atom. The van der Waals surface area contributed by atoms with Gasteiger partial charge in [-0.15, -0.1) is 5.10 Å². The molecule has 0 aliphatic rings. The molecule has 0 aliphatic heterocycles. The lowest BCUT2D eigenvalue weighted by molar-refractivity contribution is -0.146. The Kier molecular flexibility index (Phi) is 4.39. The van der Waals surface area contributed by atoms with Crippen molar-refractivity contribution in [1.82, 2.24) is 14.9 Å². The van der Waals surface area contributed by atoms with E-state index < -0.39 is 11.5 Å². The zero-order valence-corrected chi connectivity index (χ0v) is 13.6. The summed E-state index contributed by atoms with van der Waals surface area (Å²) in [5, 5.41) is 4.49. The number of hydrogen-bond acceptors (Lipinski definition) is 7. The van der Waals surface area contributed by atoms with E-state index in [-0.39, 0.29) is 6.42 Å². The van der Waals surface area contributed by atoms with Gasteiger partial charge in [-0.2, -0.15) is 0 Å². The van der Waals surface area contributed by atoms with E-state index in [0.29, 0.717) is 26.2 Å². The minimum atomic E-state index is -0.547. The number of carbonyl (C=O) groups is 1. The van der Waals surface area contributed by atoms with Gasteiger partial charge < -0.3 is 10.6 Å². The van der Waals surface area contributed by atoms with Gasteiger partial charge in [-0.05, 0) is 10.9 Å². The number of anilines is 1. The third kappa shape index (κ3) is 3.18. The first-order valence-electron chi connectivity index (χ1n) is 7.22. The fourth-order valence-electron chi connectivity index (χ4n) is 2.04. The number of nitrogen functional groups attached to an aromatic ring is 1. The Balaban J connectivity index is 2.09. The van der Waals surface area contributed by atoms with Gasteiger partial charge in [0.15, 0.2) is 5.13 Å². The molecule has 7 nitrogen and oxygen atoms in total. The maximum absolute atomic E-state index is 11.8. The Morgan fingerprint density at radius 2 is 2.00 bits per heavy atom. The SMILES string of the molecule is CCC(=O)On1nc(-c2sc(N)nc2-c2ccccc2)ccc1=O. The van der Waals surface area contributed by atoms with E-state index in [1.807, 2.05) is 30.3 Å². The van der Waals surface area contributed by atoms with Crippen molar-refractivity contribution in [3.63, 3.8) is 0 Å². The van der Waals surface area contributed by atoms with Crippen LogP contribution in [0.3, 0.4) is 0 Å². The summed E-state index contributed by atoms with van der Waals surface area (Å²) in [7, 11) is 0. The fraction of sp³-hybridized carbons (Fsp3) is 0.125. The van der Waals surface area contributed by atoms with Crippen molar-refractivity contribution in [2.45, 2.75) is 13.3 Å². The third-order valence-corrected chi connectivity index (χ3v) is 4.08. The number of aromatic nitrogens is 3. The first kappa shape index (κ1) is 15.9. The molecule has 0 unspecified atom stereocenters. The van der Waals surface area contributed by atoms with E-state index in [1.165, 1.54) is 17.4 Å². The monoisotopic (exact) mass is 342 g/mol. The topological polar surface area (TPSA) is 100 Å². The van der Waals surface area contributed by atoms with Crippen molar-refractivity contribution in [2.75, 3.05) is 5.73 Å². The van der Waals surface area contributed by atoms with Crippen LogP contribution in [-0.2, 0) is 4.79 Å². The predicted octanol–water partition coefficient (Wildman–Crippen LogP) is 1.98. The number of carbonyl (C=O) groups excluding carboxylic acids is 1. The summed E-state index contributed by atoms with van der Waals surface area (Å²) in [5.74, 6) is -0.547. The predicted molar refractivity (Wildman–Crippen MR) is 91.3 cm³/mol. The fourth-order valence-corrected chi connectivity index (χ4v) is 2.86. The molecular weight excluding hydrogens is 328 g/mol. The molecular formula is C16H14N4O3S. The Morgan fingerprint density at radius 3 is 2.71 bits per heavy atom. The zero-order valence-electron chi connectivity index (χ0n) is 12.8. The summed E-state index contributed by atoms with van der Waals surface area (Å²) >= 11 is 1.25. The molecule has 0 aliphatic carbocycles. The lowest BCUT2D eigenvalue weighted by Crippen LogP contribution is -2.32. The van der Waals surface area contributed by atoms with Crippen LogP contribution in [0.4, 0.5) is 5.13 Å². The highest BCUT2D eigenvalue weighted by atomic mass is 32.1. The van der Waals surface area contributed by atoms with Crippen molar-refractivity contribution in [2.24, 2.45) is 0 Å². The van der Waals surface area contributed by atoms with Crippen molar-refractivity contribution in [1.29, 1.82) is 0 Å². The Labute approximate surface area is 141 Å². The maximum atomic E-state index is 11.8. The van der Waals surface area contributed by atoms with E-state index in [1.54, 1.807) is 13.0 Å². The van der Waals surface area contributed by atoms with E-state index in [4.69, 9.17) is 10.6 Å². The van der Waals surface area contributed by atoms with Crippen molar-refractivity contribution < 1.29 is 9.63 Å².